The van der Waals surface area contributed by atoms with Crippen molar-refractivity contribution in [3.05, 3.63) is 31.7 Å². The molecule has 2 aromatic rings. The number of aryl methyl sites for hydroxylation is 2. The van der Waals surface area contributed by atoms with Gasteiger partial charge in [0.25, 0.3) is 0 Å². The molecule has 0 bridgehead atoms. The van der Waals surface area contributed by atoms with Crippen LogP contribution < -0.4 is 0 Å². The lowest BCUT2D eigenvalue weighted by Crippen LogP contribution is -1.89. The fourth-order valence-electron chi connectivity index (χ4n) is 1.47. The van der Waals surface area contributed by atoms with Gasteiger partial charge in [-0.1, -0.05) is 0 Å². The Morgan fingerprint density at radius 3 is 2.56 bits per heavy atom. The normalized spacial score (nSPS) is 10.7. The van der Waals surface area contributed by atoms with Gasteiger partial charge in [0.05, 0.1) is 22.0 Å². The maximum absolute atomic E-state index is 11.3. The molecule has 0 aliphatic rings. The van der Waals surface area contributed by atoms with Crippen molar-refractivity contribution in [2.75, 3.05) is 0 Å². The lowest BCUT2D eigenvalue weighted by atomic mass is 10.3. The summed E-state index contributed by atoms with van der Waals surface area (Å²) in [6.07, 6.45) is 0.733. The largest absolute Gasteiger partial charge is 0.294 e. The van der Waals surface area contributed by atoms with Gasteiger partial charge in [0, 0.05) is 18.0 Å². The molecule has 16 heavy (non-hydrogen) atoms. The van der Waals surface area contributed by atoms with E-state index in [1.54, 1.807) is 18.3 Å². The van der Waals surface area contributed by atoms with Crippen molar-refractivity contribution in [3.63, 3.8) is 0 Å². The second-order valence-electron chi connectivity index (χ2n) is 3.64. The number of aromatic nitrogens is 2. The number of ketones is 1. The smallest absolute Gasteiger partial charge is 0.171 e. The molecule has 5 heteroatoms. The number of rotatable bonds is 3. The molecule has 2 heterocycles. The van der Waals surface area contributed by atoms with E-state index < -0.39 is 0 Å². The van der Waals surface area contributed by atoms with Gasteiger partial charge in [0.15, 0.2) is 5.78 Å². The van der Waals surface area contributed by atoms with Gasteiger partial charge in [-0.3, -0.25) is 4.79 Å². The monoisotopic (exact) mass is 252 g/mol. The van der Waals surface area contributed by atoms with Crippen LogP contribution in [0.5, 0.6) is 0 Å². The Morgan fingerprint density at radius 1 is 1.31 bits per heavy atom. The number of carbonyl (C=O) groups excluding carboxylic acids is 1. The third kappa shape index (κ3) is 2.36. The molecular weight excluding hydrogens is 240 g/mol. The molecule has 0 radical (unpaired) electrons. The van der Waals surface area contributed by atoms with Gasteiger partial charge < -0.3 is 0 Å². The van der Waals surface area contributed by atoms with E-state index in [1.165, 1.54) is 11.3 Å². The zero-order chi connectivity index (χ0) is 11.7. The Kier molecular flexibility index (Phi) is 3.16. The van der Waals surface area contributed by atoms with Gasteiger partial charge >= 0.3 is 0 Å². The molecule has 0 fully saturated rings. The van der Waals surface area contributed by atoms with E-state index in [2.05, 4.69) is 9.97 Å². The van der Waals surface area contributed by atoms with Gasteiger partial charge in [-0.2, -0.15) is 0 Å². The van der Waals surface area contributed by atoms with E-state index in [4.69, 9.17) is 0 Å². The van der Waals surface area contributed by atoms with Crippen molar-refractivity contribution in [2.45, 2.75) is 27.2 Å². The minimum atomic E-state index is 0.0940. The average Bonchev–Trinajstić information content (AvgIpc) is 2.73. The van der Waals surface area contributed by atoms with Crippen LogP contribution >= 0.6 is 22.7 Å². The second kappa shape index (κ2) is 4.43. The van der Waals surface area contributed by atoms with Crippen LogP contribution in [0.4, 0.5) is 0 Å². The summed E-state index contributed by atoms with van der Waals surface area (Å²) < 4.78 is 0. The van der Waals surface area contributed by atoms with Crippen LogP contribution in [0.15, 0.2) is 5.38 Å². The highest BCUT2D eigenvalue weighted by atomic mass is 32.1. The predicted molar refractivity (Wildman–Crippen MR) is 66.5 cm³/mol. The quantitative estimate of drug-likeness (QED) is 0.789. The minimum absolute atomic E-state index is 0.0940. The van der Waals surface area contributed by atoms with Crippen molar-refractivity contribution in [3.8, 4) is 0 Å². The van der Waals surface area contributed by atoms with E-state index in [9.17, 15) is 4.79 Å². The van der Waals surface area contributed by atoms with Crippen LogP contribution in [0.3, 0.4) is 0 Å². The van der Waals surface area contributed by atoms with Gasteiger partial charge in [-0.05, 0) is 13.8 Å². The molecule has 0 aliphatic carbocycles. The summed E-state index contributed by atoms with van der Waals surface area (Å²) in [5.41, 5.74) is 1.88. The van der Waals surface area contributed by atoms with Crippen LogP contribution in [-0.2, 0) is 6.42 Å². The Balaban J connectivity index is 2.22. The SMILES string of the molecule is CC(=O)c1sc(Cc2nc(C)cs2)nc1C. The lowest BCUT2D eigenvalue weighted by molar-refractivity contribution is 0.102. The zero-order valence-corrected chi connectivity index (χ0v) is 11.0. The predicted octanol–water partition coefficient (Wildman–Crippen LogP) is 3.01. The van der Waals surface area contributed by atoms with Crippen molar-refractivity contribution < 1.29 is 4.79 Å². The highest BCUT2D eigenvalue weighted by Crippen LogP contribution is 2.22. The Hall–Kier alpha value is -1.07. The van der Waals surface area contributed by atoms with Gasteiger partial charge in [-0.15, -0.1) is 22.7 Å². The number of carbonyl (C=O) groups is 1. The Morgan fingerprint density at radius 2 is 2.06 bits per heavy atom. The summed E-state index contributed by atoms with van der Waals surface area (Å²) >= 11 is 3.12. The topological polar surface area (TPSA) is 42.9 Å². The van der Waals surface area contributed by atoms with E-state index in [0.29, 0.717) is 0 Å². The van der Waals surface area contributed by atoms with Crippen molar-refractivity contribution in [1.82, 2.24) is 9.97 Å². The van der Waals surface area contributed by atoms with E-state index in [-0.39, 0.29) is 5.78 Å². The standard InChI is InChI=1S/C11H12N2OS2/c1-6-5-15-9(12-6)4-10-13-7(2)11(16-10)8(3)14/h5H,4H2,1-3H3. The first-order valence-corrected chi connectivity index (χ1v) is 6.64. The molecule has 3 nitrogen and oxygen atoms in total. The number of thiazole rings is 2. The van der Waals surface area contributed by atoms with Gasteiger partial charge in [-0.25, -0.2) is 9.97 Å². The molecule has 84 valence electrons. The summed E-state index contributed by atoms with van der Waals surface area (Å²) in [5.74, 6) is 0.0940. The molecule has 2 rings (SSSR count). The molecule has 0 amide bonds. The maximum Gasteiger partial charge on any atom is 0.171 e. The zero-order valence-electron chi connectivity index (χ0n) is 9.40. The molecule has 0 spiro atoms. The lowest BCUT2D eigenvalue weighted by Gasteiger charge is -1.89. The minimum Gasteiger partial charge on any atom is -0.294 e. The van der Waals surface area contributed by atoms with E-state index in [1.807, 2.05) is 19.2 Å². The highest BCUT2D eigenvalue weighted by molar-refractivity contribution is 7.14. The first-order chi connectivity index (χ1) is 7.56. The molecule has 0 saturated heterocycles. The third-order valence-electron chi connectivity index (χ3n) is 2.13. The number of hydrogen-bond donors (Lipinski definition) is 0. The number of nitrogens with zero attached hydrogens (tertiary/aromatic N) is 2. The first kappa shape index (κ1) is 11.4. The molecule has 0 saturated carbocycles. The molecular formula is C11H12N2OS2. The summed E-state index contributed by atoms with van der Waals surface area (Å²) in [4.78, 5) is 20.9. The second-order valence-corrected chi connectivity index (χ2v) is 5.66. The Bertz CT molecular complexity index is 528. The fourth-order valence-corrected chi connectivity index (χ4v) is 3.30. The van der Waals surface area contributed by atoms with Crippen LogP contribution in [0.2, 0.25) is 0 Å². The Labute approximate surface area is 102 Å². The molecule has 0 atom stereocenters. The van der Waals surface area contributed by atoms with Crippen LogP contribution in [0.25, 0.3) is 0 Å². The van der Waals surface area contributed by atoms with Crippen molar-refractivity contribution in [2.24, 2.45) is 0 Å². The molecule has 2 aromatic heterocycles. The highest BCUT2D eigenvalue weighted by Gasteiger charge is 2.12. The molecule has 0 unspecified atom stereocenters. The number of Topliss-reactive ketones (excluding diaryl/α,β-unsaturated/α-hetero) is 1. The maximum atomic E-state index is 11.3. The summed E-state index contributed by atoms with van der Waals surface area (Å²) in [7, 11) is 0. The van der Waals surface area contributed by atoms with E-state index in [0.717, 1.165) is 32.7 Å². The van der Waals surface area contributed by atoms with Gasteiger partial charge in [0.2, 0.25) is 0 Å². The first-order valence-electron chi connectivity index (χ1n) is 4.94. The van der Waals surface area contributed by atoms with Crippen LogP contribution in [0, 0.1) is 13.8 Å². The summed E-state index contributed by atoms with van der Waals surface area (Å²) in [6, 6.07) is 0. The summed E-state index contributed by atoms with van der Waals surface area (Å²) in [5, 5.41) is 4.06. The third-order valence-corrected chi connectivity index (χ3v) is 4.35. The number of hydrogen-bond acceptors (Lipinski definition) is 5. The molecule has 0 aromatic carbocycles. The average molecular weight is 252 g/mol. The van der Waals surface area contributed by atoms with Crippen LogP contribution in [-0.4, -0.2) is 15.8 Å². The molecule has 0 N–H and O–H groups in total. The van der Waals surface area contributed by atoms with Crippen molar-refractivity contribution >= 4 is 28.5 Å². The van der Waals surface area contributed by atoms with Crippen LogP contribution in [0.1, 0.15) is 38.0 Å². The molecule has 0 aliphatic heterocycles. The van der Waals surface area contributed by atoms with Gasteiger partial charge in [0.1, 0.15) is 5.01 Å². The van der Waals surface area contributed by atoms with Crippen molar-refractivity contribution in [1.29, 1.82) is 0 Å². The fraction of sp³-hybridized carbons (Fsp3) is 0.364. The van der Waals surface area contributed by atoms with E-state index >= 15 is 0 Å². The summed E-state index contributed by atoms with van der Waals surface area (Å²) in [6.45, 7) is 5.44.